The number of hydrogen-bond acceptors (Lipinski definition) is 6. The maximum atomic E-state index is 11.1. The molecule has 0 unspecified atom stereocenters. The number of nitrogens with one attached hydrogen (secondary N) is 1. The Morgan fingerprint density at radius 3 is 2.73 bits per heavy atom. The molecule has 0 spiro atoms. The van der Waals surface area contributed by atoms with Gasteiger partial charge in [0.2, 0.25) is 0 Å². The molecular formula is C15H15N3O3S. The lowest BCUT2D eigenvalue weighted by Crippen LogP contribution is -1.96. The molecule has 0 bridgehead atoms. The van der Waals surface area contributed by atoms with Gasteiger partial charge < -0.3 is 5.11 Å². The lowest BCUT2D eigenvalue weighted by atomic mass is 10.2. The van der Waals surface area contributed by atoms with Crippen molar-refractivity contribution in [3.05, 3.63) is 64.2 Å². The van der Waals surface area contributed by atoms with Crippen molar-refractivity contribution >= 4 is 29.4 Å². The van der Waals surface area contributed by atoms with E-state index < -0.39 is 4.92 Å². The Bertz CT molecular complexity index is 662. The fourth-order valence-corrected chi connectivity index (χ4v) is 2.49. The standard InChI is InChI=1S/C15H15N3O3S/c19-8-9-22-15-7-6-12(10-14(15)18(20)21)11-16-17-13-4-2-1-3-5-13/h1-7,10-11,17,19H,8-9H2/b16-11+. The fourth-order valence-electron chi connectivity index (χ4n) is 1.73. The molecule has 2 rings (SSSR count). The maximum Gasteiger partial charge on any atom is 0.283 e. The van der Waals surface area contributed by atoms with Crippen molar-refractivity contribution in [3.63, 3.8) is 0 Å². The average Bonchev–Trinajstić information content (AvgIpc) is 2.54. The molecule has 0 atom stereocenters. The van der Waals surface area contributed by atoms with Crippen molar-refractivity contribution in [1.82, 2.24) is 0 Å². The van der Waals surface area contributed by atoms with E-state index in [0.29, 0.717) is 16.2 Å². The van der Waals surface area contributed by atoms with Crippen LogP contribution in [0, 0.1) is 10.1 Å². The minimum absolute atomic E-state index is 0.0158. The molecule has 7 heteroatoms. The molecular weight excluding hydrogens is 302 g/mol. The molecule has 2 aromatic carbocycles. The van der Waals surface area contributed by atoms with Crippen molar-refractivity contribution < 1.29 is 10.0 Å². The van der Waals surface area contributed by atoms with Crippen LogP contribution in [-0.4, -0.2) is 28.6 Å². The first-order chi connectivity index (χ1) is 10.7. The highest BCUT2D eigenvalue weighted by atomic mass is 32.2. The van der Waals surface area contributed by atoms with Gasteiger partial charge in [0.05, 0.1) is 28.3 Å². The van der Waals surface area contributed by atoms with Gasteiger partial charge >= 0.3 is 0 Å². The van der Waals surface area contributed by atoms with E-state index >= 15 is 0 Å². The van der Waals surface area contributed by atoms with E-state index in [2.05, 4.69) is 10.5 Å². The van der Waals surface area contributed by atoms with Gasteiger partial charge in [-0.15, -0.1) is 11.8 Å². The highest BCUT2D eigenvalue weighted by Crippen LogP contribution is 2.29. The smallest absolute Gasteiger partial charge is 0.283 e. The SMILES string of the molecule is O=[N+]([O-])c1cc(/C=N/Nc2ccccc2)ccc1SCCO. The van der Waals surface area contributed by atoms with Gasteiger partial charge in [-0.3, -0.25) is 15.5 Å². The number of nitro groups is 1. The Morgan fingerprint density at radius 2 is 2.05 bits per heavy atom. The minimum Gasteiger partial charge on any atom is -0.396 e. The van der Waals surface area contributed by atoms with E-state index in [-0.39, 0.29) is 12.3 Å². The normalized spacial score (nSPS) is 10.8. The summed E-state index contributed by atoms with van der Waals surface area (Å²) in [6.45, 7) is -0.0218. The van der Waals surface area contributed by atoms with Crippen molar-refractivity contribution in [2.24, 2.45) is 5.10 Å². The Labute approximate surface area is 132 Å². The molecule has 0 aliphatic rings. The van der Waals surface area contributed by atoms with Crippen molar-refractivity contribution in [1.29, 1.82) is 0 Å². The average molecular weight is 317 g/mol. The van der Waals surface area contributed by atoms with Crippen molar-refractivity contribution in [2.45, 2.75) is 4.90 Å². The maximum absolute atomic E-state index is 11.1. The van der Waals surface area contributed by atoms with Crippen LogP contribution in [-0.2, 0) is 0 Å². The van der Waals surface area contributed by atoms with Gasteiger partial charge in [-0.2, -0.15) is 5.10 Å². The monoisotopic (exact) mass is 317 g/mol. The summed E-state index contributed by atoms with van der Waals surface area (Å²) in [4.78, 5) is 11.2. The molecule has 0 saturated carbocycles. The van der Waals surface area contributed by atoms with Crippen LogP contribution in [0.4, 0.5) is 11.4 Å². The predicted molar refractivity (Wildman–Crippen MR) is 88.6 cm³/mol. The van der Waals surface area contributed by atoms with E-state index in [1.54, 1.807) is 12.1 Å². The van der Waals surface area contributed by atoms with E-state index in [1.165, 1.54) is 24.0 Å². The number of anilines is 1. The number of benzene rings is 2. The zero-order valence-corrected chi connectivity index (χ0v) is 12.5. The lowest BCUT2D eigenvalue weighted by Gasteiger charge is -2.03. The predicted octanol–water partition coefficient (Wildman–Crippen LogP) is 3.13. The molecule has 0 aromatic heterocycles. The number of nitrogens with zero attached hydrogens (tertiary/aromatic N) is 2. The number of aliphatic hydroxyl groups is 1. The van der Waals surface area contributed by atoms with Gasteiger partial charge in [0.25, 0.3) is 5.69 Å². The molecule has 0 saturated heterocycles. The van der Waals surface area contributed by atoms with Crippen LogP contribution in [0.15, 0.2) is 58.5 Å². The van der Waals surface area contributed by atoms with Gasteiger partial charge in [-0.1, -0.05) is 24.3 Å². The molecule has 0 aliphatic carbocycles. The Balaban J connectivity index is 2.11. The van der Waals surface area contributed by atoms with Crippen LogP contribution in [0.25, 0.3) is 0 Å². The number of nitro benzene ring substituents is 1. The van der Waals surface area contributed by atoms with E-state index in [4.69, 9.17) is 5.11 Å². The summed E-state index contributed by atoms with van der Waals surface area (Å²) in [6, 6.07) is 14.3. The van der Waals surface area contributed by atoms with Gasteiger partial charge in [-0.05, 0) is 18.2 Å². The Morgan fingerprint density at radius 1 is 1.27 bits per heavy atom. The third-order valence-electron chi connectivity index (χ3n) is 2.71. The molecule has 0 radical (unpaired) electrons. The number of thioether (sulfide) groups is 1. The molecule has 0 heterocycles. The summed E-state index contributed by atoms with van der Waals surface area (Å²) >= 11 is 1.25. The highest BCUT2D eigenvalue weighted by Gasteiger charge is 2.14. The number of rotatable bonds is 7. The Kier molecular flexibility index (Phi) is 5.93. The van der Waals surface area contributed by atoms with E-state index in [0.717, 1.165) is 5.69 Å². The zero-order chi connectivity index (χ0) is 15.8. The van der Waals surface area contributed by atoms with Gasteiger partial charge in [0.1, 0.15) is 0 Å². The topological polar surface area (TPSA) is 87.8 Å². The van der Waals surface area contributed by atoms with Gasteiger partial charge in [0, 0.05) is 17.4 Å². The van der Waals surface area contributed by atoms with Crippen LogP contribution in [0.2, 0.25) is 0 Å². The molecule has 2 N–H and O–H groups in total. The largest absolute Gasteiger partial charge is 0.396 e. The van der Waals surface area contributed by atoms with Gasteiger partial charge in [-0.25, -0.2) is 0 Å². The van der Waals surface area contributed by atoms with Crippen LogP contribution < -0.4 is 5.43 Å². The van der Waals surface area contributed by atoms with Crippen molar-refractivity contribution in [2.75, 3.05) is 17.8 Å². The summed E-state index contributed by atoms with van der Waals surface area (Å²) in [7, 11) is 0. The first-order valence-electron chi connectivity index (χ1n) is 6.57. The molecule has 114 valence electrons. The summed E-state index contributed by atoms with van der Waals surface area (Å²) in [6.07, 6.45) is 1.53. The third-order valence-corrected chi connectivity index (χ3v) is 3.75. The highest BCUT2D eigenvalue weighted by molar-refractivity contribution is 7.99. The quantitative estimate of drug-likeness (QED) is 0.354. The Hall–Kier alpha value is -2.38. The van der Waals surface area contributed by atoms with Crippen LogP contribution >= 0.6 is 11.8 Å². The van der Waals surface area contributed by atoms with Crippen LogP contribution in [0.1, 0.15) is 5.56 Å². The first kappa shape index (κ1) is 16.0. The van der Waals surface area contributed by atoms with Gasteiger partial charge in [0.15, 0.2) is 0 Å². The summed E-state index contributed by atoms with van der Waals surface area (Å²) in [5.74, 6) is 0.420. The first-order valence-corrected chi connectivity index (χ1v) is 7.55. The molecule has 2 aromatic rings. The molecule has 0 fully saturated rings. The minimum atomic E-state index is -0.429. The molecule has 6 nitrogen and oxygen atoms in total. The summed E-state index contributed by atoms with van der Waals surface area (Å²) in [5, 5.41) is 24.0. The second-order valence-corrected chi connectivity index (χ2v) is 5.43. The summed E-state index contributed by atoms with van der Waals surface area (Å²) < 4.78 is 0. The lowest BCUT2D eigenvalue weighted by molar-refractivity contribution is -0.387. The van der Waals surface area contributed by atoms with Crippen LogP contribution in [0.5, 0.6) is 0 Å². The second kappa shape index (κ2) is 8.16. The number of para-hydroxylation sites is 1. The zero-order valence-electron chi connectivity index (χ0n) is 11.7. The molecule has 0 aliphatic heterocycles. The van der Waals surface area contributed by atoms with Crippen molar-refractivity contribution in [3.8, 4) is 0 Å². The second-order valence-electron chi connectivity index (χ2n) is 4.29. The van der Waals surface area contributed by atoms with E-state index in [1.807, 2.05) is 30.3 Å². The third kappa shape index (κ3) is 4.57. The van der Waals surface area contributed by atoms with Crippen LogP contribution in [0.3, 0.4) is 0 Å². The number of aliphatic hydroxyl groups excluding tert-OH is 1. The fraction of sp³-hybridized carbons (Fsp3) is 0.133. The molecule has 0 amide bonds. The summed E-state index contributed by atoms with van der Waals surface area (Å²) in [5.41, 5.74) is 4.33. The molecule has 22 heavy (non-hydrogen) atoms. The number of hydrazone groups is 1. The van der Waals surface area contributed by atoms with E-state index in [9.17, 15) is 10.1 Å². The number of hydrogen-bond donors (Lipinski definition) is 2.